The maximum Gasteiger partial charge on any atom is 0.284 e. The van der Waals surface area contributed by atoms with Crippen LogP contribution in [0.4, 0.5) is 5.69 Å². The monoisotopic (exact) mass is 204 g/mol. The van der Waals surface area contributed by atoms with E-state index in [4.69, 9.17) is 5.26 Å². The smallest absolute Gasteiger partial charge is 0.284 e. The van der Waals surface area contributed by atoms with E-state index in [1.54, 1.807) is 6.07 Å². The molecule has 0 heterocycles. The van der Waals surface area contributed by atoms with Crippen molar-refractivity contribution in [3.8, 4) is 6.07 Å². The SMILES string of the molecule is CC(=O)c1c(C#N)ccc(C)c1[N+](=O)[O-]. The molecule has 0 aliphatic rings. The second-order valence-corrected chi connectivity index (χ2v) is 3.08. The number of benzene rings is 1. The molecule has 5 nitrogen and oxygen atoms in total. The Kier molecular flexibility index (Phi) is 2.81. The molecule has 5 heteroatoms. The van der Waals surface area contributed by atoms with Crippen molar-refractivity contribution >= 4 is 11.5 Å². The van der Waals surface area contributed by atoms with Gasteiger partial charge in [-0.2, -0.15) is 5.26 Å². The van der Waals surface area contributed by atoms with E-state index in [0.717, 1.165) is 0 Å². The third-order valence-electron chi connectivity index (χ3n) is 2.03. The molecule has 0 radical (unpaired) electrons. The van der Waals surface area contributed by atoms with E-state index in [1.807, 2.05) is 0 Å². The zero-order chi connectivity index (χ0) is 11.6. The summed E-state index contributed by atoms with van der Waals surface area (Å²) in [6.45, 7) is 2.74. The molecule has 0 N–H and O–H groups in total. The largest absolute Gasteiger partial charge is 0.294 e. The van der Waals surface area contributed by atoms with Crippen molar-refractivity contribution in [1.29, 1.82) is 5.26 Å². The number of carbonyl (C=O) groups is 1. The van der Waals surface area contributed by atoms with Gasteiger partial charge in [-0.3, -0.25) is 14.9 Å². The van der Waals surface area contributed by atoms with Crippen LogP contribution in [-0.2, 0) is 0 Å². The Labute approximate surface area is 86.1 Å². The van der Waals surface area contributed by atoms with E-state index < -0.39 is 10.7 Å². The Balaban J connectivity index is 3.68. The van der Waals surface area contributed by atoms with Crippen LogP contribution in [0, 0.1) is 28.4 Å². The molecule has 0 aliphatic carbocycles. The van der Waals surface area contributed by atoms with Crippen LogP contribution in [0.2, 0.25) is 0 Å². The number of ketones is 1. The van der Waals surface area contributed by atoms with Crippen molar-refractivity contribution in [3.63, 3.8) is 0 Å². The Morgan fingerprint density at radius 1 is 1.53 bits per heavy atom. The summed E-state index contributed by atoms with van der Waals surface area (Å²) in [6.07, 6.45) is 0. The summed E-state index contributed by atoms with van der Waals surface area (Å²) in [4.78, 5) is 21.4. The minimum Gasteiger partial charge on any atom is -0.294 e. The summed E-state index contributed by atoms with van der Waals surface area (Å²) in [6, 6.07) is 4.65. The molecule has 0 fully saturated rings. The molecule has 1 aromatic carbocycles. The maximum atomic E-state index is 11.2. The molecule has 0 bridgehead atoms. The molecular weight excluding hydrogens is 196 g/mol. The number of aryl methyl sites for hydroxylation is 1. The summed E-state index contributed by atoms with van der Waals surface area (Å²) in [5.74, 6) is -0.470. The van der Waals surface area contributed by atoms with Crippen LogP contribution in [-0.4, -0.2) is 10.7 Å². The summed E-state index contributed by atoms with van der Waals surface area (Å²) >= 11 is 0. The van der Waals surface area contributed by atoms with Gasteiger partial charge in [-0.15, -0.1) is 0 Å². The molecule has 15 heavy (non-hydrogen) atoms. The van der Waals surface area contributed by atoms with Crippen LogP contribution < -0.4 is 0 Å². The Morgan fingerprint density at radius 3 is 2.53 bits per heavy atom. The van der Waals surface area contributed by atoms with Gasteiger partial charge in [0.05, 0.1) is 10.5 Å². The molecular formula is C10H8N2O3. The van der Waals surface area contributed by atoms with Crippen LogP contribution >= 0.6 is 0 Å². The Bertz CT molecular complexity index is 486. The van der Waals surface area contributed by atoms with Gasteiger partial charge in [0, 0.05) is 5.56 Å². The Morgan fingerprint density at radius 2 is 2.13 bits per heavy atom. The first-order valence-electron chi connectivity index (χ1n) is 4.18. The molecule has 0 saturated heterocycles. The summed E-state index contributed by atoms with van der Waals surface area (Å²) < 4.78 is 0. The number of rotatable bonds is 2. The van der Waals surface area contributed by atoms with Crippen molar-refractivity contribution in [2.45, 2.75) is 13.8 Å². The lowest BCUT2D eigenvalue weighted by atomic mass is 9.99. The van der Waals surface area contributed by atoms with Gasteiger partial charge in [0.2, 0.25) is 0 Å². The number of hydrogen-bond acceptors (Lipinski definition) is 4. The van der Waals surface area contributed by atoms with E-state index in [0.29, 0.717) is 5.56 Å². The zero-order valence-corrected chi connectivity index (χ0v) is 8.27. The highest BCUT2D eigenvalue weighted by Crippen LogP contribution is 2.26. The van der Waals surface area contributed by atoms with Crippen LogP contribution in [0.3, 0.4) is 0 Å². The van der Waals surface area contributed by atoms with Gasteiger partial charge in [0.15, 0.2) is 5.78 Å². The number of carbonyl (C=O) groups excluding carboxylic acids is 1. The van der Waals surface area contributed by atoms with E-state index in [9.17, 15) is 14.9 Å². The molecule has 76 valence electrons. The fourth-order valence-corrected chi connectivity index (χ4v) is 1.38. The molecule has 1 aromatic rings. The third-order valence-corrected chi connectivity index (χ3v) is 2.03. The number of nitro groups is 1. The minimum absolute atomic E-state index is 0.0415. The molecule has 1 rings (SSSR count). The normalized spacial score (nSPS) is 9.40. The van der Waals surface area contributed by atoms with Crippen LogP contribution in [0.1, 0.15) is 28.4 Å². The van der Waals surface area contributed by atoms with E-state index in [2.05, 4.69) is 0 Å². The van der Waals surface area contributed by atoms with Crippen LogP contribution in [0.25, 0.3) is 0 Å². The quantitative estimate of drug-likeness (QED) is 0.418. The van der Waals surface area contributed by atoms with Crippen molar-refractivity contribution < 1.29 is 9.72 Å². The van der Waals surface area contributed by atoms with Gasteiger partial charge in [0.1, 0.15) is 11.6 Å². The first-order valence-corrected chi connectivity index (χ1v) is 4.18. The highest BCUT2D eigenvalue weighted by molar-refractivity contribution is 6.01. The lowest BCUT2D eigenvalue weighted by Crippen LogP contribution is -2.05. The number of nitrogens with zero attached hydrogens (tertiary/aromatic N) is 2. The molecule has 0 spiro atoms. The minimum atomic E-state index is -0.632. The number of Topliss-reactive ketones (excluding diaryl/α,β-unsaturated/α-hetero) is 1. The van der Waals surface area contributed by atoms with Gasteiger partial charge >= 0.3 is 0 Å². The maximum absolute atomic E-state index is 11.2. The topological polar surface area (TPSA) is 84.0 Å². The van der Waals surface area contributed by atoms with Crippen molar-refractivity contribution in [2.24, 2.45) is 0 Å². The second kappa shape index (κ2) is 3.88. The van der Waals surface area contributed by atoms with Crippen LogP contribution in [0.5, 0.6) is 0 Å². The van der Waals surface area contributed by atoms with Crippen LogP contribution in [0.15, 0.2) is 12.1 Å². The fraction of sp³-hybridized carbons (Fsp3) is 0.200. The molecule has 0 aliphatic heterocycles. The highest BCUT2D eigenvalue weighted by Gasteiger charge is 2.23. The standard InChI is InChI=1S/C10H8N2O3/c1-6-3-4-8(5-11)9(7(2)13)10(6)12(14)15/h3-4H,1-2H3. The lowest BCUT2D eigenvalue weighted by Gasteiger charge is -2.03. The molecule has 0 unspecified atom stereocenters. The molecule has 0 saturated carbocycles. The van der Waals surface area contributed by atoms with Gasteiger partial charge in [-0.25, -0.2) is 0 Å². The second-order valence-electron chi connectivity index (χ2n) is 3.08. The van der Waals surface area contributed by atoms with Gasteiger partial charge in [0.25, 0.3) is 5.69 Å². The average Bonchev–Trinajstić information content (AvgIpc) is 2.16. The van der Waals surface area contributed by atoms with Gasteiger partial charge in [-0.05, 0) is 19.9 Å². The van der Waals surface area contributed by atoms with Crippen molar-refractivity contribution in [1.82, 2.24) is 0 Å². The number of nitriles is 1. The summed E-state index contributed by atoms with van der Waals surface area (Å²) in [5.41, 5.74) is 0.0352. The highest BCUT2D eigenvalue weighted by atomic mass is 16.6. The average molecular weight is 204 g/mol. The Hall–Kier alpha value is -2.22. The number of hydrogen-bond donors (Lipinski definition) is 0. The molecule has 0 amide bonds. The molecule has 0 atom stereocenters. The first-order chi connectivity index (χ1) is 6.99. The van der Waals surface area contributed by atoms with E-state index in [-0.39, 0.29) is 16.8 Å². The summed E-state index contributed by atoms with van der Waals surface area (Å²) in [5, 5.41) is 19.5. The van der Waals surface area contributed by atoms with E-state index in [1.165, 1.54) is 26.0 Å². The van der Waals surface area contributed by atoms with Gasteiger partial charge < -0.3 is 0 Å². The van der Waals surface area contributed by atoms with E-state index >= 15 is 0 Å². The first kappa shape index (κ1) is 10.9. The van der Waals surface area contributed by atoms with Crippen molar-refractivity contribution in [2.75, 3.05) is 0 Å². The van der Waals surface area contributed by atoms with Crippen molar-refractivity contribution in [3.05, 3.63) is 38.9 Å². The third kappa shape index (κ3) is 1.83. The predicted molar refractivity (Wildman–Crippen MR) is 52.6 cm³/mol. The lowest BCUT2D eigenvalue weighted by molar-refractivity contribution is -0.385. The number of nitro benzene ring substituents is 1. The fourth-order valence-electron chi connectivity index (χ4n) is 1.38. The van der Waals surface area contributed by atoms with Gasteiger partial charge in [-0.1, -0.05) is 6.07 Å². The molecule has 0 aromatic heterocycles. The summed E-state index contributed by atoms with van der Waals surface area (Å²) in [7, 11) is 0. The zero-order valence-electron chi connectivity index (χ0n) is 8.27. The predicted octanol–water partition coefficient (Wildman–Crippen LogP) is 1.98.